The van der Waals surface area contributed by atoms with Crippen molar-refractivity contribution in [3.05, 3.63) is 52.6 Å². The van der Waals surface area contributed by atoms with Crippen molar-refractivity contribution in [2.75, 3.05) is 0 Å². The fourth-order valence-corrected chi connectivity index (χ4v) is 1.84. The SMILES string of the molecule is CC(C)(C)c1cc(Cl)n(Cc2ccc(F)cc2)n1. The number of rotatable bonds is 2. The summed E-state index contributed by atoms with van der Waals surface area (Å²) in [6.07, 6.45) is 0. The fraction of sp³-hybridized carbons (Fsp3) is 0.357. The van der Waals surface area contributed by atoms with Crippen LogP contribution in [-0.2, 0) is 12.0 Å². The summed E-state index contributed by atoms with van der Waals surface area (Å²) in [7, 11) is 0. The monoisotopic (exact) mass is 266 g/mol. The van der Waals surface area contributed by atoms with E-state index in [1.54, 1.807) is 16.8 Å². The molecule has 0 fully saturated rings. The molecule has 0 radical (unpaired) electrons. The van der Waals surface area contributed by atoms with Gasteiger partial charge in [0.15, 0.2) is 0 Å². The second-order valence-corrected chi connectivity index (χ2v) is 5.77. The van der Waals surface area contributed by atoms with Crippen LogP contribution in [0.1, 0.15) is 32.0 Å². The molecule has 18 heavy (non-hydrogen) atoms. The quantitative estimate of drug-likeness (QED) is 0.803. The van der Waals surface area contributed by atoms with Crippen LogP contribution in [0, 0.1) is 5.82 Å². The third kappa shape index (κ3) is 2.91. The van der Waals surface area contributed by atoms with E-state index in [-0.39, 0.29) is 11.2 Å². The first-order valence-corrected chi connectivity index (χ1v) is 6.22. The summed E-state index contributed by atoms with van der Waals surface area (Å²) in [6.45, 7) is 6.82. The number of hydrogen-bond donors (Lipinski definition) is 0. The highest BCUT2D eigenvalue weighted by Crippen LogP contribution is 2.24. The van der Waals surface area contributed by atoms with Crippen molar-refractivity contribution < 1.29 is 4.39 Å². The minimum Gasteiger partial charge on any atom is -0.249 e. The molecule has 1 aromatic carbocycles. The van der Waals surface area contributed by atoms with Crippen LogP contribution in [0.25, 0.3) is 0 Å². The largest absolute Gasteiger partial charge is 0.249 e. The lowest BCUT2D eigenvalue weighted by Crippen LogP contribution is -2.13. The second kappa shape index (κ2) is 4.73. The molecule has 0 saturated carbocycles. The normalized spacial score (nSPS) is 11.8. The lowest BCUT2D eigenvalue weighted by molar-refractivity contribution is 0.545. The summed E-state index contributed by atoms with van der Waals surface area (Å²) in [5.74, 6) is -0.235. The minimum absolute atomic E-state index is 0.0301. The standard InChI is InChI=1S/C14H16ClFN2/c1-14(2,3)12-8-13(15)18(17-12)9-10-4-6-11(16)7-5-10/h4-8H,9H2,1-3H3. The molecule has 0 N–H and O–H groups in total. The predicted molar refractivity (Wildman–Crippen MR) is 71.4 cm³/mol. The van der Waals surface area contributed by atoms with Gasteiger partial charge in [-0.3, -0.25) is 0 Å². The number of benzene rings is 1. The second-order valence-electron chi connectivity index (χ2n) is 5.39. The van der Waals surface area contributed by atoms with Crippen LogP contribution < -0.4 is 0 Å². The number of aromatic nitrogens is 2. The van der Waals surface area contributed by atoms with Crippen molar-refractivity contribution in [3.8, 4) is 0 Å². The number of hydrogen-bond acceptors (Lipinski definition) is 1. The van der Waals surface area contributed by atoms with Gasteiger partial charge in [-0.25, -0.2) is 9.07 Å². The Bertz CT molecular complexity index is 538. The molecule has 1 heterocycles. The lowest BCUT2D eigenvalue weighted by Gasteiger charge is -2.14. The molecule has 2 rings (SSSR count). The molecule has 0 bridgehead atoms. The van der Waals surface area contributed by atoms with Crippen LogP contribution in [-0.4, -0.2) is 9.78 Å². The zero-order valence-corrected chi connectivity index (χ0v) is 11.5. The molecule has 0 amide bonds. The summed E-state index contributed by atoms with van der Waals surface area (Å²) >= 11 is 6.16. The highest BCUT2D eigenvalue weighted by Gasteiger charge is 2.19. The van der Waals surface area contributed by atoms with Gasteiger partial charge in [-0.15, -0.1) is 0 Å². The van der Waals surface area contributed by atoms with Gasteiger partial charge in [0.25, 0.3) is 0 Å². The lowest BCUT2D eigenvalue weighted by atomic mass is 9.93. The fourth-order valence-electron chi connectivity index (χ4n) is 1.63. The van der Waals surface area contributed by atoms with Crippen molar-refractivity contribution in [2.45, 2.75) is 32.7 Å². The van der Waals surface area contributed by atoms with Crippen molar-refractivity contribution in [1.29, 1.82) is 0 Å². The van der Waals surface area contributed by atoms with Gasteiger partial charge in [-0.2, -0.15) is 5.10 Å². The van der Waals surface area contributed by atoms with E-state index in [4.69, 9.17) is 11.6 Å². The maximum atomic E-state index is 12.8. The topological polar surface area (TPSA) is 17.8 Å². The Hall–Kier alpha value is -1.35. The van der Waals surface area contributed by atoms with E-state index >= 15 is 0 Å². The van der Waals surface area contributed by atoms with Gasteiger partial charge in [-0.1, -0.05) is 44.5 Å². The molecule has 1 aromatic heterocycles. The Kier molecular flexibility index (Phi) is 3.44. The summed E-state index contributed by atoms with van der Waals surface area (Å²) in [6, 6.07) is 8.24. The van der Waals surface area contributed by atoms with E-state index < -0.39 is 0 Å². The van der Waals surface area contributed by atoms with Crippen molar-refractivity contribution in [2.24, 2.45) is 0 Å². The van der Waals surface area contributed by atoms with Gasteiger partial charge in [0.1, 0.15) is 11.0 Å². The van der Waals surface area contributed by atoms with E-state index in [0.717, 1.165) is 11.3 Å². The molecule has 2 aromatic rings. The highest BCUT2D eigenvalue weighted by molar-refractivity contribution is 6.29. The average molecular weight is 267 g/mol. The Morgan fingerprint density at radius 2 is 1.83 bits per heavy atom. The molecular formula is C14H16ClFN2. The number of nitrogens with zero attached hydrogens (tertiary/aromatic N) is 2. The highest BCUT2D eigenvalue weighted by atomic mass is 35.5. The van der Waals surface area contributed by atoms with Gasteiger partial charge in [-0.05, 0) is 23.8 Å². The number of halogens is 2. The Morgan fingerprint density at radius 1 is 1.22 bits per heavy atom. The van der Waals surface area contributed by atoms with Crippen molar-refractivity contribution in [1.82, 2.24) is 9.78 Å². The Balaban J connectivity index is 2.24. The van der Waals surface area contributed by atoms with E-state index in [2.05, 4.69) is 25.9 Å². The molecule has 0 unspecified atom stereocenters. The molecule has 0 saturated heterocycles. The van der Waals surface area contributed by atoms with E-state index in [9.17, 15) is 4.39 Å². The molecule has 0 aliphatic carbocycles. The first-order chi connectivity index (χ1) is 8.36. The summed E-state index contributed by atoms with van der Waals surface area (Å²) < 4.78 is 14.5. The zero-order valence-electron chi connectivity index (χ0n) is 10.7. The van der Waals surface area contributed by atoms with Crippen LogP contribution in [0.4, 0.5) is 4.39 Å². The van der Waals surface area contributed by atoms with Gasteiger partial charge in [0.05, 0.1) is 12.2 Å². The van der Waals surface area contributed by atoms with Crippen LogP contribution >= 0.6 is 11.6 Å². The van der Waals surface area contributed by atoms with Crippen LogP contribution in [0.2, 0.25) is 5.15 Å². The first-order valence-electron chi connectivity index (χ1n) is 5.84. The molecular weight excluding hydrogens is 251 g/mol. The minimum atomic E-state index is -0.235. The maximum Gasteiger partial charge on any atom is 0.127 e. The summed E-state index contributed by atoms with van der Waals surface area (Å²) in [5.41, 5.74) is 1.90. The molecule has 0 spiro atoms. The third-order valence-corrected chi connectivity index (χ3v) is 3.05. The summed E-state index contributed by atoms with van der Waals surface area (Å²) in [5, 5.41) is 5.09. The summed E-state index contributed by atoms with van der Waals surface area (Å²) in [4.78, 5) is 0. The van der Waals surface area contributed by atoms with Gasteiger partial charge in [0.2, 0.25) is 0 Å². The van der Waals surface area contributed by atoms with E-state index in [0.29, 0.717) is 11.7 Å². The van der Waals surface area contributed by atoms with E-state index in [1.165, 1.54) is 12.1 Å². The van der Waals surface area contributed by atoms with Crippen LogP contribution in [0.3, 0.4) is 0 Å². The zero-order chi connectivity index (χ0) is 13.3. The molecule has 0 aliphatic rings. The maximum absolute atomic E-state index is 12.8. The Labute approximate surface area is 111 Å². The molecule has 0 aliphatic heterocycles. The smallest absolute Gasteiger partial charge is 0.127 e. The van der Waals surface area contributed by atoms with E-state index in [1.807, 2.05) is 6.07 Å². The molecule has 0 atom stereocenters. The molecule has 96 valence electrons. The van der Waals surface area contributed by atoms with Gasteiger partial charge in [0, 0.05) is 5.41 Å². The average Bonchev–Trinajstić information content (AvgIpc) is 2.63. The molecule has 4 heteroatoms. The third-order valence-electron chi connectivity index (χ3n) is 2.74. The van der Waals surface area contributed by atoms with Gasteiger partial charge < -0.3 is 0 Å². The Morgan fingerprint density at radius 3 is 2.33 bits per heavy atom. The van der Waals surface area contributed by atoms with Gasteiger partial charge >= 0.3 is 0 Å². The van der Waals surface area contributed by atoms with Crippen LogP contribution in [0.15, 0.2) is 30.3 Å². The first kappa shape index (κ1) is 13.1. The predicted octanol–water partition coefficient (Wildman–Crippen LogP) is 4.02. The van der Waals surface area contributed by atoms with Crippen molar-refractivity contribution in [3.63, 3.8) is 0 Å². The van der Waals surface area contributed by atoms with Crippen LogP contribution in [0.5, 0.6) is 0 Å². The molecule has 2 nitrogen and oxygen atoms in total. The van der Waals surface area contributed by atoms with Crippen molar-refractivity contribution >= 4 is 11.6 Å².